The third-order valence-electron chi connectivity index (χ3n) is 3.30. The molecule has 2 aromatic rings. The molecule has 0 aromatic carbocycles. The van der Waals surface area contributed by atoms with E-state index < -0.39 is 0 Å². The van der Waals surface area contributed by atoms with E-state index in [4.69, 9.17) is 4.74 Å². The quantitative estimate of drug-likeness (QED) is 0.746. The van der Waals surface area contributed by atoms with Gasteiger partial charge in [-0.1, -0.05) is 12.2 Å². The van der Waals surface area contributed by atoms with Crippen LogP contribution in [-0.2, 0) is 0 Å². The van der Waals surface area contributed by atoms with Crippen LogP contribution in [0.2, 0.25) is 0 Å². The minimum Gasteiger partial charge on any atom is -0.463 e. The van der Waals surface area contributed by atoms with Crippen molar-refractivity contribution >= 4 is 35.9 Å². The summed E-state index contributed by atoms with van der Waals surface area (Å²) in [4.78, 5) is 15.1. The van der Waals surface area contributed by atoms with Crippen molar-refractivity contribution < 1.29 is 9.53 Å². The number of rotatable bonds is 1. The van der Waals surface area contributed by atoms with Gasteiger partial charge in [0.1, 0.15) is 5.69 Å². The number of aromatic nitrogens is 1. The van der Waals surface area contributed by atoms with Crippen molar-refractivity contribution in [3.05, 3.63) is 61.4 Å². The summed E-state index contributed by atoms with van der Waals surface area (Å²) in [5, 5.41) is 2.04. The van der Waals surface area contributed by atoms with Crippen molar-refractivity contribution in [2.75, 3.05) is 0 Å². The van der Waals surface area contributed by atoms with Crippen LogP contribution in [0.4, 0.5) is 0 Å². The van der Waals surface area contributed by atoms with Gasteiger partial charge < -0.3 is 4.74 Å². The largest absolute Gasteiger partial charge is 0.463 e. The van der Waals surface area contributed by atoms with Gasteiger partial charge in [-0.05, 0) is 24.3 Å². The van der Waals surface area contributed by atoms with Crippen LogP contribution in [0.5, 0.6) is 5.75 Å². The zero-order chi connectivity index (χ0) is 13.5. The van der Waals surface area contributed by atoms with Gasteiger partial charge in [-0.15, -0.1) is 11.3 Å². The summed E-state index contributed by atoms with van der Waals surface area (Å²) in [6.07, 6.45) is 14.1. The highest BCUT2D eigenvalue weighted by Gasteiger charge is 2.12. The van der Waals surface area contributed by atoms with Crippen LogP contribution in [0.3, 0.4) is 0 Å². The van der Waals surface area contributed by atoms with E-state index in [0.717, 1.165) is 37.1 Å². The highest BCUT2D eigenvalue weighted by Crippen LogP contribution is 2.25. The predicted molar refractivity (Wildman–Crippen MR) is 78.6 cm³/mol. The Morgan fingerprint density at radius 1 is 1.25 bits per heavy atom. The molecule has 0 amide bonds. The van der Waals surface area contributed by atoms with Crippen LogP contribution < -0.4 is 14.5 Å². The molecule has 0 bridgehead atoms. The zero-order valence-corrected chi connectivity index (χ0v) is 11.2. The fourth-order valence-electron chi connectivity index (χ4n) is 2.39. The minimum atomic E-state index is 0.444. The maximum absolute atomic E-state index is 11.0. The van der Waals surface area contributed by atoms with Gasteiger partial charge >= 0.3 is 0 Å². The Balaban J connectivity index is 2.28. The molecule has 0 fully saturated rings. The van der Waals surface area contributed by atoms with E-state index in [0.29, 0.717) is 5.69 Å². The summed E-state index contributed by atoms with van der Waals surface area (Å²) in [7, 11) is 0. The molecular weight excluding hydrogens is 270 g/mol. The fraction of sp³-hybridized carbons (Fsp3) is 0. The van der Waals surface area contributed by atoms with E-state index in [9.17, 15) is 4.79 Å². The third kappa shape index (κ3) is 1.58. The molecule has 0 unspecified atom stereocenters. The Bertz CT molecular complexity index is 996. The fourth-order valence-corrected chi connectivity index (χ4v) is 3.56. The molecule has 1 aliphatic carbocycles. The Hall–Kier alpha value is -2.46. The first-order chi connectivity index (χ1) is 9.86. The number of hydrogen-bond donors (Lipinski definition) is 0. The maximum atomic E-state index is 11.0. The number of allylic oxidation sites excluding steroid dienone is 2. The number of pyridine rings is 1. The second-order valence-corrected chi connectivity index (χ2v) is 5.54. The van der Waals surface area contributed by atoms with Crippen LogP contribution in [0.25, 0.3) is 18.2 Å². The first-order valence-electron chi connectivity index (χ1n) is 6.17. The maximum Gasteiger partial charge on any atom is 0.168 e. The molecule has 1 aliphatic heterocycles. The molecule has 0 saturated heterocycles. The summed E-state index contributed by atoms with van der Waals surface area (Å²) < 4.78 is 7.85. The van der Waals surface area contributed by atoms with Crippen molar-refractivity contribution in [2.24, 2.45) is 0 Å². The van der Waals surface area contributed by atoms with E-state index in [1.165, 1.54) is 0 Å². The van der Waals surface area contributed by atoms with E-state index in [1.54, 1.807) is 23.8 Å². The van der Waals surface area contributed by atoms with Crippen molar-refractivity contribution in [1.82, 2.24) is 4.98 Å². The topological polar surface area (TPSA) is 39.2 Å². The lowest BCUT2D eigenvalue weighted by molar-refractivity contribution is 0.111. The van der Waals surface area contributed by atoms with Crippen molar-refractivity contribution in [3.63, 3.8) is 0 Å². The van der Waals surface area contributed by atoms with Gasteiger partial charge in [-0.25, -0.2) is 0 Å². The Morgan fingerprint density at radius 2 is 2.20 bits per heavy atom. The second-order valence-electron chi connectivity index (χ2n) is 4.49. The minimum absolute atomic E-state index is 0.444. The van der Waals surface area contributed by atoms with Crippen LogP contribution in [0.15, 0.2) is 30.7 Å². The molecule has 4 rings (SSSR count). The third-order valence-corrected chi connectivity index (χ3v) is 4.48. The summed E-state index contributed by atoms with van der Waals surface area (Å²) in [6.45, 7) is 0. The molecule has 96 valence electrons. The van der Waals surface area contributed by atoms with E-state index in [1.807, 2.05) is 36.4 Å². The molecular formula is C16H9NO2S. The SMILES string of the molecule is O=Cc1cc2c(cn1)=CC=Cc1c3c(sc1=2)=CC=CO3. The highest BCUT2D eigenvalue weighted by atomic mass is 32.1. The first kappa shape index (κ1) is 11.4. The van der Waals surface area contributed by atoms with Gasteiger partial charge in [0.25, 0.3) is 0 Å². The smallest absolute Gasteiger partial charge is 0.168 e. The first-order valence-corrected chi connectivity index (χ1v) is 6.99. The van der Waals surface area contributed by atoms with Crippen LogP contribution in [-0.4, -0.2) is 11.3 Å². The molecule has 2 aromatic heterocycles. The summed E-state index contributed by atoms with van der Waals surface area (Å²) in [5.41, 5.74) is 1.50. The van der Waals surface area contributed by atoms with Gasteiger partial charge in [-0.3, -0.25) is 9.78 Å². The van der Waals surface area contributed by atoms with Crippen molar-refractivity contribution in [3.8, 4) is 5.75 Å². The van der Waals surface area contributed by atoms with Gasteiger partial charge in [0.2, 0.25) is 0 Å². The number of hydrogen-bond acceptors (Lipinski definition) is 4. The monoisotopic (exact) mass is 279 g/mol. The standard InChI is InChI=1S/C16H9NO2S/c18-9-11-7-13-10(8-17-11)3-1-4-12-15-14(20-16(12)13)5-2-6-19-15/h1-9H. The number of nitrogens with zero attached hydrogens (tertiary/aromatic N) is 1. The van der Waals surface area contributed by atoms with Gasteiger partial charge in [0.05, 0.1) is 10.8 Å². The van der Waals surface area contributed by atoms with E-state index in [-0.39, 0.29) is 0 Å². The molecule has 0 N–H and O–H groups in total. The average Bonchev–Trinajstić information content (AvgIpc) is 2.77. The summed E-state index contributed by atoms with van der Waals surface area (Å²) in [6, 6.07) is 1.83. The number of aldehydes is 1. The van der Waals surface area contributed by atoms with Crippen molar-refractivity contribution in [1.29, 1.82) is 0 Å². The average molecular weight is 279 g/mol. The number of fused-ring (bicyclic) bond motifs is 4. The number of thiophene rings is 1. The molecule has 2 aliphatic rings. The lowest BCUT2D eigenvalue weighted by Crippen LogP contribution is -2.05. The number of ether oxygens (including phenoxy) is 1. The van der Waals surface area contributed by atoms with E-state index in [2.05, 4.69) is 4.98 Å². The second kappa shape index (κ2) is 4.28. The molecule has 0 radical (unpaired) electrons. The predicted octanol–water partition coefficient (Wildman–Crippen LogP) is 1.74. The van der Waals surface area contributed by atoms with Gasteiger partial charge in [0.15, 0.2) is 12.0 Å². The van der Waals surface area contributed by atoms with Gasteiger partial charge in [0, 0.05) is 26.7 Å². The van der Waals surface area contributed by atoms with E-state index >= 15 is 0 Å². The normalized spacial score (nSPS) is 14.0. The Morgan fingerprint density at radius 3 is 3.10 bits per heavy atom. The zero-order valence-electron chi connectivity index (χ0n) is 10.4. The van der Waals surface area contributed by atoms with Crippen LogP contribution >= 0.6 is 11.3 Å². The van der Waals surface area contributed by atoms with Crippen molar-refractivity contribution in [2.45, 2.75) is 0 Å². The number of carbonyl (C=O) groups excluding carboxylic acids is 1. The molecule has 0 saturated carbocycles. The lowest BCUT2D eigenvalue weighted by atomic mass is 10.2. The molecule has 4 heteroatoms. The molecule has 0 spiro atoms. The summed E-state index contributed by atoms with van der Waals surface area (Å²) >= 11 is 1.67. The lowest BCUT2D eigenvalue weighted by Gasteiger charge is -2.01. The number of carbonyl (C=O) groups is 1. The van der Waals surface area contributed by atoms with Gasteiger partial charge in [-0.2, -0.15) is 0 Å². The Kier molecular flexibility index (Phi) is 2.44. The molecule has 0 atom stereocenters. The Labute approximate surface area is 118 Å². The summed E-state index contributed by atoms with van der Waals surface area (Å²) in [5.74, 6) is 0.884. The van der Waals surface area contributed by atoms with Crippen LogP contribution in [0.1, 0.15) is 16.1 Å². The molecule has 3 nitrogen and oxygen atoms in total. The molecule has 20 heavy (non-hydrogen) atoms. The van der Waals surface area contributed by atoms with Crippen LogP contribution in [0, 0.1) is 9.75 Å². The highest BCUT2D eigenvalue weighted by molar-refractivity contribution is 7.08. The molecule has 3 heterocycles.